The number of rotatable bonds is 3. The Balaban J connectivity index is 2.20. The fourth-order valence-corrected chi connectivity index (χ4v) is 2.60. The van der Waals surface area contributed by atoms with Crippen LogP contribution in [0.1, 0.15) is 18.1 Å². The molecule has 1 aliphatic heterocycles. The molecule has 0 bridgehead atoms. The van der Waals surface area contributed by atoms with Crippen molar-refractivity contribution < 1.29 is 4.74 Å². The maximum Gasteiger partial charge on any atom is 0.132 e. The van der Waals surface area contributed by atoms with Crippen LogP contribution >= 0.6 is 0 Å². The molecule has 0 radical (unpaired) electrons. The van der Waals surface area contributed by atoms with Crippen LogP contribution in [0.5, 0.6) is 5.75 Å². The zero-order valence-corrected chi connectivity index (χ0v) is 11.2. The molecular weight excluding hydrogens is 238 g/mol. The summed E-state index contributed by atoms with van der Waals surface area (Å²) >= 11 is 0. The summed E-state index contributed by atoms with van der Waals surface area (Å²) in [5.41, 5.74) is 4.45. The highest BCUT2D eigenvalue weighted by Gasteiger charge is 2.20. The Morgan fingerprint density at radius 3 is 3.00 bits per heavy atom. The van der Waals surface area contributed by atoms with Crippen molar-refractivity contribution in [2.45, 2.75) is 19.8 Å². The largest absolute Gasteiger partial charge is 0.492 e. The van der Waals surface area contributed by atoms with E-state index in [0.717, 1.165) is 47.8 Å². The van der Waals surface area contributed by atoms with Gasteiger partial charge in [-0.1, -0.05) is 19.1 Å². The van der Waals surface area contributed by atoms with Crippen LogP contribution in [-0.4, -0.2) is 23.6 Å². The Morgan fingerprint density at radius 1 is 1.32 bits per heavy atom. The van der Waals surface area contributed by atoms with Gasteiger partial charge in [-0.25, -0.2) is 9.97 Å². The van der Waals surface area contributed by atoms with Gasteiger partial charge in [0, 0.05) is 24.6 Å². The zero-order valence-electron chi connectivity index (χ0n) is 11.2. The van der Waals surface area contributed by atoms with Gasteiger partial charge in [0.05, 0.1) is 12.3 Å². The lowest BCUT2D eigenvalue weighted by atomic mass is 10.0. The standard InChI is InChI=1S/C15H17N3O/c1-3-11-13(17-9-18-15(11)16-2)12-6-4-5-10-7-8-19-14(10)12/h4-6,9H,3,7-8H2,1-2H3,(H,16,17,18). The lowest BCUT2D eigenvalue weighted by Gasteiger charge is -2.13. The van der Waals surface area contributed by atoms with E-state index < -0.39 is 0 Å². The summed E-state index contributed by atoms with van der Waals surface area (Å²) in [6.07, 6.45) is 3.47. The second-order valence-corrected chi connectivity index (χ2v) is 4.55. The number of hydrogen-bond acceptors (Lipinski definition) is 4. The molecule has 1 aromatic heterocycles. The summed E-state index contributed by atoms with van der Waals surface area (Å²) in [4.78, 5) is 8.76. The molecule has 0 amide bonds. The highest BCUT2D eigenvalue weighted by atomic mass is 16.5. The molecule has 1 N–H and O–H groups in total. The van der Waals surface area contributed by atoms with Crippen molar-refractivity contribution in [3.63, 3.8) is 0 Å². The molecule has 1 aliphatic rings. The average Bonchev–Trinajstić information content (AvgIpc) is 2.94. The molecule has 0 saturated heterocycles. The van der Waals surface area contributed by atoms with Gasteiger partial charge in [0.25, 0.3) is 0 Å². The number of hydrogen-bond donors (Lipinski definition) is 1. The Kier molecular flexibility index (Phi) is 3.07. The minimum absolute atomic E-state index is 0.762. The van der Waals surface area contributed by atoms with E-state index in [1.807, 2.05) is 7.05 Å². The van der Waals surface area contributed by atoms with Crippen LogP contribution in [0.3, 0.4) is 0 Å². The highest BCUT2D eigenvalue weighted by molar-refractivity contribution is 5.75. The van der Waals surface area contributed by atoms with E-state index in [9.17, 15) is 0 Å². The van der Waals surface area contributed by atoms with Gasteiger partial charge >= 0.3 is 0 Å². The summed E-state index contributed by atoms with van der Waals surface area (Å²) in [7, 11) is 1.89. The molecule has 19 heavy (non-hydrogen) atoms. The fraction of sp³-hybridized carbons (Fsp3) is 0.333. The molecule has 2 heterocycles. The maximum absolute atomic E-state index is 5.78. The molecule has 1 aromatic carbocycles. The second-order valence-electron chi connectivity index (χ2n) is 4.55. The molecule has 0 fully saturated rings. The van der Waals surface area contributed by atoms with E-state index in [2.05, 4.69) is 40.4 Å². The second kappa shape index (κ2) is 4.88. The van der Waals surface area contributed by atoms with Gasteiger partial charge in [-0.15, -0.1) is 0 Å². The summed E-state index contributed by atoms with van der Waals surface area (Å²) < 4.78 is 5.78. The van der Waals surface area contributed by atoms with E-state index in [0.29, 0.717) is 0 Å². The molecule has 3 rings (SSSR count). The molecule has 0 unspecified atom stereocenters. The van der Waals surface area contributed by atoms with Crippen LogP contribution in [0.15, 0.2) is 24.5 Å². The Labute approximate surface area is 112 Å². The number of benzene rings is 1. The van der Waals surface area contributed by atoms with E-state index in [4.69, 9.17) is 4.74 Å². The smallest absolute Gasteiger partial charge is 0.132 e. The van der Waals surface area contributed by atoms with Crippen LogP contribution in [0, 0.1) is 0 Å². The number of anilines is 1. The average molecular weight is 255 g/mol. The van der Waals surface area contributed by atoms with Gasteiger partial charge in [-0.2, -0.15) is 0 Å². The lowest BCUT2D eigenvalue weighted by molar-refractivity contribution is 0.358. The van der Waals surface area contributed by atoms with E-state index in [-0.39, 0.29) is 0 Å². The third-order valence-electron chi connectivity index (χ3n) is 3.51. The van der Waals surface area contributed by atoms with Gasteiger partial charge in [-0.3, -0.25) is 0 Å². The third-order valence-corrected chi connectivity index (χ3v) is 3.51. The minimum atomic E-state index is 0.762. The third kappa shape index (κ3) is 1.93. The zero-order chi connectivity index (χ0) is 13.2. The Hall–Kier alpha value is -2.10. The molecule has 4 heteroatoms. The molecule has 0 aliphatic carbocycles. The molecule has 0 saturated carbocycles. The van der Waals surface area contributed by atoms with Crippen LogP contribution in [0.2, 0.25) is 0 Å². The number of ether oxygens (including phenoxy) is 1. The fourth-order valence-electron chi connectivity index (χ4n) is 2.60. The normalized spacial score (nSPS) is 12.9. The predicted molar refractivity (Wildman–Crippen MR) is 75.6 cm³/mol. The minimum Gasteiger partial charge on any atom is -0.492 e. The van der Waals surface area contributed by atoms with Crippen LogP contribution in [0.25, 0.3) is 11.3 Å². The van der Waals surface area contributed by atoms with Gasteiger partial charge in [0.1, 0.15) is 17.9 Å². The number of aromatic nitrogens is 2. The van der Waals surface area contributed by atoms with Crippen molar-refractivity contribution in [1.29, 1.82) is 0 Å². The van der Waals surface area contributed by atoms with Gasteiger partial charge in [0.2, 0.25) is 0 Å². The summed E-state index contributed by atoms with van der Waals surface area (Å²) in [6.45, 7) is 2.88. The van der Waals surface area contributed by atoms with E-state index in [1.54, 1.807) is 6.33 Å². The molecule has 4 nitrogen and oxygen atoms in total. The van der Waals surface area contributed by atoms with Crippen molar-refractivity contribution in [2.75, 3.05) is 19.0 Å². The lowest BCUT2D eigenvalue weighted by Crippen LogP contribution is -2.02. The van der Waals surface area contributed by atoms with Crippen LogP contribution < -0.4 is 10.1 Å². The van der Waals surface area contributed by atoms with Crippen molar-refractivity contribution in [2.24, 2.45) is 0 Å². The maximum atomic E-state index is 5.78. The van der Waals surface area contributed by atoms with Gasteiger partial charge < -0.3 is 10.1 Å². The summed E-state index contributed by atoms with van der Waals surface area (Å²) in [5, 5.41) is 3.13. The summed E-state index contributed by atoms with van der Waals surface area (Å²) in [5.74, 6) is 1.88. The first-order chi connectivity index (χ1) is 9.35. The highest BCUT2D eigenvalue weighted by Crippen LogP contribution is 2.38. The van der Waals surface area contributed by atoms with Crippen molar-refractivity contribution >= 4 is 5.82 Å². The van der Waals surface area contributed by atoms with E-state index in [1.165, 1.54) is 5.56 Å². The molecular formula is C15H17N3O. The Morgan fingerprint density at radius 2 is 2.21 bits per heavy atom. The number of para-hydroxylation sites is 1. The van der Waals surface area contributed by atoms with Crippen LogP contribution in [0.4, 0.5) is 5.82 Å². The summed E-state index contributed by atoms with van der Waals surface area (Å²) in [6, 6.07) is 6.27. The monoisotopic (exact) mass is 255 g/mol. The van der Waals surface area contributed by atoms with Gasteiger partial charge in [0.15, 0.2) is 0 Å². The molecule has 98 valence electrons. The first-order valence-electron chi connectivity index (χ1n) is 6.61. The first-order valence-corrected chi connectivity index (χ1v) is 6.61. The molecule has 0 spiro atoms. The Bertz CT molecular complexity index is 610. The predicted octanol–water partition coefficient (Wildman–Crippen LogP) is 2.68. The van der Waals surface area contributed by atoms with Crippen molar-refractivity contribution in [1.82, 2.24) is 9.97 Å². The van der Waals surface area contributed by atoms with Gasteiger partial charge in [-0.05, 0) is 18.1 Å². The molecule has 0 atom stereocenters. The molecule has 2 aromatic rings. The number of nitrogens with zero attached hydrogens (tertiary/aromatic N) is 2. The van der Waals surface area contributed by atoms with Crippen molar-refractivity contribution in [3.8, 4) is 17.0 Å². The quantitative estimate of drug-likeness (QED) is 0.916. The van der Waals surface area contributed by atoms with Crippen LogP contribution in [-0.2, 0) is 12.8 Å². The number of fused-ring (bicyclic) bond motifs is 1. The number of nitrogens with one attached hydrogen (secondary N) is 1. The SMILES string of the molecule is CCc1c(NC)ncnc1-c1cccc2c1OCC2. The topological polar surface area (TPSA) is 47.0 Å². The van der Waals surface area contributed by atoms with E-state index >= 15 is 0 Å². The van der Waals surface area contributed by atoms with Crippen molar-refractivity contribution in [3.05, 3.63) is 35.7 Å². The first kappa shape index (κ1) is 12.0.